The van der Waals surface area contributed by atoms with Crippen LogP contribution in [0.5, 0.6) is 0 Å². The molecule has 1 aromatic heterocycles. The van der Waals surface area contributed by atoms with Crippen molar-refractivity contribution in [2.45, 2.75) is 25.8 Å². The van der Waals surface area contributed by atoms with E-state index in [9.17, 15) is 9.59 Å². The van der Waals surface area contributed by atoms with Crippen molar-refractivity contribution in [3.05, 3.63) is 91.6 Å². The molecule has 2 aliphatic heterocycles. The van der Waals surface area contributed by atoms with E-state index in [1.165, 1.54) is 21.6 Å². The van der Waals surface area contributed by atoms with Gasteiger partial charge in [-0.25, -0.2) is 0 Å². The first kappa shape index (κ1) is 24.2. The van der Waals surface area contributed by atoms with Gasteiger partial charge in [0.2, 0.25) is 5.91 Å². The number of thiophene rings is 1. The molecule has 0 spiro atoms. The molecule has 35 heavy (non-hydrogen) atoms. The van der Waals surface area contributed by atoms with Gasteiger partial charge < -0.3 is 9.80 Å². The Kier molecular flexibility index (Phi) is 7.37. The van der Waals surface area contributed by atoms with Gasteiger partial charge in [0.25, 0.3) is 5.91 Å². The molecule has 7 heteroatoms. The van der Waals surface area contributed by atoms with E-state index in [4.69, 9.17) is 0 Å². The summed E-state index contributed by atoms with van der Waals surface area (Å²) in [5.41, 5.74) is 4.55. The van der Waals surface area contributed by atoms with Crippen LogP contribution < -0.4 is 0 Å². The average molecular weight is 553 g/mol. The van der Waals surface area contributed by atoms with Crippen LogP contribution in [0, 0.1) is 6.92 Å². The van der Waals surface area contributed by atoms with Gasteiger partial charge in [-0.3, -0.25) is 14.5 Å². The minimum atomic E-state index is 0.0289. The Bertz CT molecular complexity index is 1230. The lowest BCUT2D eigenvalue weighted by Gasteiger charge is -2.37. The highest BCUT2D eigenvalue weighted by Gasteiger charge is 2.33. The van der Waals surface area contributed by atoms with Gasteiger partial charge in [0, 0.05) is 47.6 Å². The van der Waals surface area contributed by atoms with Crippen LogP contribution in [0.15, 0.2) is 64.5 Å². The summed E-state index contributed by atoms with van der Waals surface area (Å²) < 4.78 is 0.897. The van der Waals surface area contributed by atoms with Crippen LogP contribution in [-0.2, 0) is 11.2 Å². The Labute approximate surface area is 219 Å². The number of aryl methyl sites for hydroxylation is 1. The average Bonchev–Trinajstić information content (AvgIpc) is 3.20. The first-order valence-corrected chi connectivity index (χ1v) is 13.9. The normalized spacial score (nSPS) is 18.7. The van der Waals surface area contributed by atoms with Crippen LogP contribution in [0.4, 0.5) is 0 Å². The lowest BCUT2D eigenvalue weighted by molar-refractivity contribution is -0.132. The van der Waals surface area contributed by atoms with Gasteiger partial charge in [0.15, 0.2) is 0 Å². The number of fused-ring (bicyclic) bond motifs is 1. The minimum absolute atomic E-state index is 0.0289. The Hall–Kier alpha value is -2.48. The van der Waals surface area contributed by atoms with Crippen molar-refractivity contribution in [1.82, 2.24) is 14.7 Å². The van der Waals surface area contributed by atoms with Crippen molar-refractivity contribution < 1.29 is 9.59 Å². The highest BCUT2D eigenvalue weighted by molar-refractivity contribution is 9.10. The van der Waals surface area contributed by atoms with E-state index >= 15 is 0 Å². The Morgan fingerprint density at radius 1 is 0.943 bits per heavy atom. The zero-order valence-electron chi connectivity index (χ0n) is 20.0. The molecule has 0 radical (unpaired) electrons. The molecule has 5 nitrogen and oxygen atoms in total. The van der Waals surface area contributed by atoms with Crippen LogP contribution in [-0.4, -0.2) is 65.8 Å². The SMILES string of the molecule is Cc1ccccc1[C@@H]1c2ccsc2CCN1CC(=O)N1CCCN(C(=O)c2cccc(Br)c2)CC1. The summed E-state index contributed by atoms with van der Waals surface area (Å²) in [6.07, 6.45) is 1.78. The molecular weight excluding hydrogens is 522 g/mol. The van der Waals surface area contributed by atoms with Gasteiger partial charge in [-0.2, -0.15) is 0 Å². The summed E-state index contributed by atoms with van der Waals surface area (Å²) in [4.78, 5) is 34.1. The number of carbonyl (C=O) groups excluding carboxylic acids is 2. The molecule has 182 valence electrons. The fraction of sp³-hybridized carbons (Fsp3) is 0.357. The second-order valence-electron chi connectivity index (χ2n) is 9.32. The molecule has 5 rings (SSSR count). The molecule has 1 fully saturated rings. The standard InChI is InChI=1S/C28H30BrN3O2S/c1-20-6-2-3-9-23(20)27-24-11-17-35-25(24)10-14-32(27)19-26(33)30-12-5-13-31(16-15-30)28(34)21-7-4-8-22(29)18-21/h2-4,6-9,11,17-18,27H,5,10,12-16,19H2,1H3/t27-/m1/s1. The summed E-state index contributed by atoms with van der Waals surface area (Å²) in [5, 5.41) is 2.17. The van der Waals surface area contributed by atoms with Crippen LogP contribution in [0.2, 0.25) is 0 Å². The monoisotopic (exact) mass is 551 g/mol. The molecule has 3 heterocycles. The molecule has 2 aliphatic rings. The van der Waals surface area contributed by atoms with Gasteiger partial charge in [0.05, 0.1) is 12.6 Å². The maximum Gasteiger partial charge on any atom is 0.253 e. The molecule has 1 saturated heterocycles. The summed E-state index contributed by atoms with van der Waals surface area (Å²) >= 11 is 5.27. The number of hydrogen-bond acceptors (Lipinski definition) is 4. The highest BCUT2D eigenvalue weighted by atomic mass is 79.9. The quantitative estimate of drug-likeness (QED) is 0.450. The van der Waals surface area contributed by atoms with Crippen LogP contribution in [0.3, 0.4) is 0 Å². The summed E-state index contributed by atoms with van der Waals surface area (Å²) in [5.74, 6) is 0.181. The number of carbonyl (C=O) groups is 2. The zero-order chi connectivity index (χ0) is 24.4. The maximum absolute atomic E-state index is 13.5. The predicted molar refractivity (Wildman–Crippen MR) is 144 cm³/mol. The minimum Gasteiger partial charge on any atom is -0.340 e. The second-order valence-corrected chi connectivity index (χ2v) is 11.2. The third kappa shape index (κ3) is 5.22. The van der Waals surface area contributed by atoms with Gasteiger partial charge in [0.1, 0.15) is 0 Å². The summed E-state index contributed by atoms with van der Waals surface area (Å²) in [6.45, 7) is 5.92. The van der Waals surface area contributed by atoms with Crippen LogP contribution in [0.1, 0.15) is 44.4 Å². The molecule has 0 saturated carbocycles. The van der Waals surface area contributed by atoms with E-state index in [-0.39, 0.29) is 17.9 Å². The van der Waals surface area contributed by atoms with E-state index in [2.05, 4.69) is 63.5 Å². The smallest absolute Gasteiger partial charge is 0.253 e. The number of halogens is 1. The van der Waals surface area contributed by atoms with E-state index in [1.807, 2.05) is 45.4 Å². The molecule has 0 unspecified atom stereocenters. The van der Waals surface area contributed by atoms with Gasteiger partial charge >= 0.3 is 0 Å². The molecule has 0 bridgehead atoms. The van der Waals surface area contributed by atoms with Gasteiger partial charge in [-0.1, -0.05) is 46.3 Å². The number of rotatable bonds is 4. The van der Waals surface area contributed by atoms with Crippen molar-refractivity contribution in [2.75, 3.05) is 39.3 Å². The van der Waals surface area contributed by atoms with Gasteiger partial charge in [-0.15, -0.1) is 11.3 Å². The summed E-state index contributed by atoms with van der Waals surface area (Å²) in [6, 6.07) is 18.4. The van der Waals surface area contributed by atoms with E-state index in [0.29, 0.717) is 38.3 Å². The maximum atomic E-state index is 13.5. The van der Waals surface area contributed by atoms with Crippen molar-refractivity contribution in [2.24, 2.45) is 0 Å². The molecule has 0 N–H and O–H groups in total. The topological polar surface area (TPSA) is 43.9 Å². The van der Waals surface area contributed by atoms with E-state index in [0.717, 1.165) is 23.9 Å². The second kappa shape index (κ2) is 10.6. The summed E-state index contributed by atoms with van der Waals surface area (Å²) in [7, 11) is 0. The predicted octanol–water partition coefficient (Wildman–Crippen LogP) is 5.14. The number of nitrogens with zero attached hydrogens (tertiary/aromatic N) is 3. The molecule has 1 atom stereocenters. The van der Waals surface area contributed by atoms with E-state index < -0.39 is 0 Å². The first-order valence-electron chi connectivity index (χ1n) is 12.2. The van der Waals surface area contributed by atoms with Crippen LogP contribution >= 0.6 is 27.3 Å². The van der Waals surface area contributed by atoms with Crippen molar-refractivity contribution in [1.29, 1.82) is 0 Å². The number of benzene rings is 2. The highest BCUT2D eigenvalue weighted by Crippen LogP contribution is 2.38. The first-order chi connectivity index (χ1) is 17.0. The molecule has 0 aliphatic carbocycles. The fourth-order valence-electron chi connectivity index (χ4n) is 5.24. The van der Waals surface area contributed by atoms with E-state index in [1.54, 1.807) is 0 Å². The van der Waals surface area contributed by atoms with Crippen molar-refractivity contribution in [3.63, 3.8) is 0 Å². The van der Waals surface area contributed by atoms with Crippen molar-refractivity contribution >= 4 is 39.1 Å². The van der Waals surface area contributed by atoms with Crippen molar-refractivity contribution in [3.8, 4) is 0 Å². The number of amides is 2. The zero-order valence-corrected chi connectivity index (χ0v) is 22.4. The van der Waals surface area contributed by atoms with Gasteiger partial charge in [-0.05, 0) is 66.1 Å². The lowest BCUT2D eigenvalue weighted by atomic mass is 9.90. The molecule has 2 aromatic carbocycles. The number of hydrogen-bond donors (Lipinski definition) is 0. The Balaban J connectivity index is 1.28. The largest absolute Gasteiger partial charge is 0.340 e. The lowest BCUT2D eigenvalue weighted by Crippen LogP contribution is -2.45. The Morgan fingerprint density at radius 3 is 2.57 bits per heavy atom. The molecule has 3 aromatic rings. The fourth-order valence-corrected chi connectivity index (χ4v) is 6.55. The third-order valence-corrected chi connectivity index (χ3v) is 8.58. The van der Waals surface area contributed by atoms with Crippen LogP contribution in [0.25, 0.3) is 0 Å². The Morgan fingerprint density at radius 2 is 1.74 bits per heavy atom. The molecular formula is C28H30BrN3O2S. The third-order valence-electron chi connectivity index (χ3n) is 7.09. The molecule has 2 amide bonds.